The number of nitrogens with one attached hydrogen (secondary N) is 2. The second-order valence-electron chi connectivity index (χ2n) is 6.43. The first kappa shape index (κ1) is 17.0. The molecule has 144 valence electrons. The Labute approximate surface area is 163 Å². The Balaban J connectivity index is 1.37. The molecule has 0 atom stereocenters. The molecule has 29 heavy (non-hydrogen) atoms. The zero-order valence-corrected chi connectivity index (χ0v) is 15.1. The second-order valence-corrected chi connectivity index (χ2v) is 6.43. The van der Waals surface area contributed by atoms with Crippen molar-refractivity contribution in [3.63, 3.8) is 0 Å². The van der Waals surface area contributed by atoms with E-state index < -0.39 is 5.91 Å². The van der Waals surface area contributed by atoms with Crippen molar-refractivity contribution < 1.29 is 14.3 Å². The van der Waals surface area contributed by atoms with Crippen LogP contribution in [0.1, 0.15) is 0 Å². The van der Waals surface area contributed by atoms with Gasteiger partial charge in [0, 0.05) is 11.6 Å². The van der Waals surface area contributed by atoms with Gasteiger partial charge >= 0.3 is 0 Å². The fourth-order valence-electron chi connectivity index (χ4n) is 3.09. The van der Waals surface area contributed by atoms with Crippen LogP contribution in [0.3, 0.4) is 0 Å². The van der Waals surface area contributed by atoms with Crippen LogP contribution in [0, 0.1) is 0 Å². The highest BCUT2D eigenvalue weighted by atomic mass is 16.7. The van der Waals surface area contributed by atoms with Gasteiger partial charge in [-0.25, -0.2) is 9.67 Å². The van der Waals surface area contributed by atoms with Crippen molar-refractivity contribution in [2.75, 3.05) is 12.1 Å². The van der Waals surface area contributed by atoms with Crippen molar-refractivity contribution in [3.8, 4) is 22.8 Å². The van der Waals surface area contributed by atoms with Gasteiger partial charge in [-0.2, -0.15) is 5.10 Å². The fraction of sp³-hybridized carbons (Fsp3) is 0.100. The molecule has 0 unspecified atom stereocenters. The molecule has 2 N–H and O–H groups in total. The number of carbonyl (C=O) groups excluding carboxylic acids is 1. The summed E-state index contributed by atoms with van der Waals surface area (Å²) in [4.78, 5) is 31.9. The number of hydrogen-bond acceptors (Lipinski definition) is 6. The van der Waals surface area contributed by atoms with Gasteiger partial charge in [0.25, 0.3) is 5.56 Å². The predicted octanol–water partition coefficient (Wildman–Crippen LogP) is 2.15. The lowest BCUT2D eigenvalue weighted by Gasteiger charge is -2.07. The van der Waals surface area contributed by atoms with Gasteiger partial charge in [-0.3, -0.25) is 14.9 Å². The number of imidazole rings is 1. The summed E-state index contributed by atoms with van der Waals surface area (Å²) in [6.07, 6.45) is 0. The molecule has 1 aliphatic rings. The molecule has 0 radical (unpaired) electrons. The summed E-state index contributed by atoms with van der Waals surface area (Å²) in [6, 6.07) is 15.8. The van der Waals surface area contributed by atoms with Crippen LogP contribution in [0.2, 0.25) is 0 Å². The lowest BCUT2D eigenvalue weighted by Crippen LogP contribution is -2.29. The third kappa shape index (κ3) is 3.29. The Hall–Kier alpha value is -4.14. The normalized spacial score (nSPS) is 12.3. The van der Waals surface area contributed by atoms with Crippen LogP contribution >= 0.6 is 0 Å². The van der Waals surface area contributed by atoms with Crippen LogP contribution in [0.15, 0.2) is 59.4 Å². The molecular weight excluding hydrogens is 374 g/mol. The maximum atomic E-state index is 12.4. The summed E-state index contributed by atoms with van der Waals surface area (Å²) < 4.78 is 11.8. The van der Waals surface area contributed by atoms with Crippen molar-refractivity contribution >= 4 is 22.9 Å². The van der Waals surface area contributed by atoms with E-state index in [1.54, 1.807) is 18.2 Å². The van der Waals surface area contributed by atoms with E-state index in [-0.39, 0.29) is 18.9 Å². The molecule has 0 fully saturated rings. The number of hydrogen-bond donors (Lipinski definition) is 2. The number of ether oxygens (including phenoxy) is 2. The van der Waals surface area contributed by atoms with E-state index in [1.807, 2.05) is 30.3 Å². The molecule has 0 saturated heterocycles. The Morgan fingerprint density at radius 2 is 1.97 bits per heavy atom. The SMILES string of the molecule is O=C(Cn1nc(-c2ccc3c(c2)OCO3)ccc1=O)Nc1nc2ccccc2[nH]1. The van der Waals surface area contributed by atoms with Gasteiger partial charge in [0.2, 0.25) is 18.6 Å². The molecule has 9 nitrogen and oxygen atoms in total. The van der Waals surface area contributed by atoms with E-state index in [4.69, 9.17) is 9.47 Å². The minimum absolute atomic E-state index is 0.174. The summed E-state index contributed by atoms with van der Waals surface area (Å²) >= 11 is 0. The second kappa shape index (κ2) is 6.79. The first-order chi connectivity index (χ1) is 14.2. The summed E-state index contributed by atoms with van der Waals surface area (Å²) in [6.45, 7) is -0.0675. The highest BCUT2D eigenvalue weighted by Gasteiger charge is 2.15. The molecule has 2 aromatic carbocycles. The number of aromatic nitrogens is 4. The lowest BCUT2D eigenvalue weighted by molar-refractivity contribution is -0.117. The molecule has 1 amide bonds. The smallest absolute Gasteiger partial charge is 0.267 e. The lowest BCUT2D eigenvalue weighted by atomic mass is 10.1. The van der Waals surface area contributed by atoms with Gasteiger partial charge in [-0.05, 0) is 36.4 Å². The van der Waals surface area contributed by atoms with Crippen LogP contribution in [-0.2, 0) is 11.3 Å². The van der Waals surface area contributed by atoms with E-state index in [1.165, 1.54) is 6.07 Å². The first-order valence-corrected chi connectivity index (χ1v) is 8.88. The fourth-order valence-corrected chi connectivity index (χ4v) is 3.09. The number of rotatable bonds is 4. The summed E-state index contributed by atoms with van der Waals surface area (Å²) in [7, 11) is 0. The molecule has 0 aliphatic carbocycles. The van der Waals surface area contributed by atoms with Gasteiger partial charge < -0.3 is 14.5 Å². The van der Waals surface area contributed by atoms with Crippen LogP contribution in [0.5, 0.6) is 11.5 Å². The number of amides is 1. The maximum absolute atomic E-state index is 12.4. The minimum atomic E-state index is -0.415. The monoisotopic (exact) mass is 389 g/mol. The van der Waals surface area contributed by atoms with E-state index >= 15 is 0 Å². The molecule has 0 saturated carbocycles. The molecule has 3 heterocycles. The van der Waals surface area contributed by atoms with E-state index in [0.717, 1.165) is 21.3 Å². The number of aromatic amines is 1. The van der Waals surface area contributed by atoms with Gasteiger partial charge in [0.1, 0.15) is 6.54 Å². The summed E-state index contributed by atoms with van der Waals surface area (Å²) in [5, 5.41) is 6.97. The number of carbonyl (C=O) groups is 1. The zero-order valence-electron chi connectivity index (χ0n) is 15.1. The van der Waals surface area contributed by atoms with Crippen molar-refractivity contribution in [1.29, 1.82) is 0 Å². The highest BCUT2D eigenvalue weighted by Crippen LogP contribution is 2.35. The van der Waals surface area contributed by atoms with E-state index in [0.29, 0.717) is 23.1 Å². The summed E-state index contributed by atoms with van der Waals surface area (Å²) in [5.74, 6) is 1.18. The molecule has 2 aromatic heterocycles. The number of benzene rings is 2. The number of anilines is 1. The number of fused-ring (bicyclic) bond motifs is 2. The molecule has 9 heteroatoms. The number of nitrogens with zero attached hydrogens (tertiary/aromatic N) is 3. The predicted molar refractivity (Wildman–Crippen MR) is 105 cm³/mol. The van der Waals surface area contributed by atoms with Crippen LogP contribution < -0.4 is 20.3 Å². The Kier molecular flexibility index (Phi) is 3.98. The van der Waals surface area contributed by atoms with Crippen LogP contribution in [0.25, 0.3) is 22.3 Å². The van der Waals surface area contributed by atoms with Crippen LogP contribution in [0.4, 0.5) is 5.95 Å². The third-order valence-electron chi connectivity index (χ3n) is 4.48. The molecule has 0 bridgehead atoms. The average Bonchev–Trinajstić information content (AvgIpc) is 3.34. The van der Waals surface area contributed by atoms with Crippen molar-refractivity contribution in [3.05, 3.63) is 65.0 Å². The minimum Gasteiger partial charge on any atom is -0.454 e. The van der Waals surface area contributed by atoms with E-state index in [9.17, 15) is 9.59 Å². The first-order valence-electron chi connectivity index (χ1n) is 8.88. The standard InChI is InChI=1S/C20H15N5O4/c26-18(23-20-21-14-3-1-2-4-15(14)22-20)10-25-19(27)8-6-13(24-25)12-5-7-16-17(9-12)29-11-28-16/h1-9H,10-11H2,(H2,21,22,23,26). The summed E-state index contributed by atoms with van der Waals surface area (Å²) in [5.41, 5.74) is 2.46. The Morgan fingerprint density at radius 1 is 1.10 bits per heavy atom. The van der Waals surface area contributed by atoms with Gasteiger partial charge in [-0.1, -0.05) is 12.1 Å². The van der Waals surface area contributed by atoms with Gasteiger partial charge in [0.15, 0.2) is 11.5 Å². The largest absolute Gasteiger partial charge is 0.454 e. The third-order valence-corrected chi connectivity index (χ3v) is 4.48. The van der Waals surface area contributed by atoms with Gasteiger partial charge in [-0.15, -0.1) is 0 Å². The van der Waals surface area contributed by atoms with Crippen molar-refractivity contribution in [2.24, 2.45) is 0 Å². The van der Waals surface area contributed by atoms with E-state index in [2.05, 4.69) is 20.4 Å². The van der Waals surface area contributed by atoms with Gasteiger partial charge in [0.05, 0.1) is 16.7 Å². The molecular formula is C20H15N5O4. The molecule has 4 aromatic rings. The molecule has 5 rings (SSSR count). The molecule has 1 aliphatic heterocycles. The van der Waals surface area contributed by atoms with Crippen molar-refractivity contribution in [1.82, 2.24) is 19.7 Å². The topological polar surface area (TPSA) is 111 Å². The average molecular weight is 389 g/mol. The molecule has 0 spiro atoms. The zero-order chi connectivity index (χ0) is 19.8. The van der Waals surface area contributed by atoms with Crippen molar-refractivity contribution in [2.45, 2.75) is 6.54 Å². The van der Waals surface area contributed by atoms with Crippen LogP contribution in [-0.4, -0.2) is 32.4 Å². The Bertz CT molecular complexity index is 1260. The number of para-hydroxylation sites is 2. The quantitative estimate of drug-likeness (QED) is 0.553. The number of H-pyrrole nitrogens is 1. The Morgan fingerprint density at radius 3 is 2.86 bits per heavy atom. The highest BCUT2D eigenvalue weighted by molar-refractivity contribution is 5.90. The maximum Gasteiger partial charge on any atom is 0.267 e.